The van der Waals surface area contributed by atoms with Crippen LogP contribution in [0.15, 0.2) is 203 Å². The number of H-pyrrole nitrogens is 1. The van der Waals surface area contributed by atoms with E-state index in [1.165, 1.54) is 55.2 Å². The largest absolute Gasteiger partial charge is 0.497 e. The third-order valence-electron chi connectivity index (χ3n) is 20.5. The average molecular weight is 1920 g/mol. The van der Waals surface area contributed by atoms with Crippen LogP contribution >= 0.6 is 0 Å². The summed E-state index contributed by atoms with van der Waals surface area (Å²) in [7, 11) is -16.1. The number of hydrogen-bond donors (Lipinski definition) is 1. The first kappa shape index (κ1) is 101. The first-order valence-corrected chi connectivity index (χ1v) is 56.1. The monoisotopic (exact) mass is 1920 g/mol. The molecule has 39 heteroatoms. The first-order valence-electron chi connectivity index (χ1n) is 42.5. The molecule has 12 rings (SSSR count). The van der Waals surface area contributed by atoms with Gasteiger partial charge < -0.3 is 37.9 Å². The molecular weight excluding hydrogens is 1800 g/mol. The lowest BCUT2D eigenvalue weighted by atomic mass is 9.93. The molecular formula is C93H115N13O20S4Si2. The Bertz CT molecular complexity index is 6260. The molecule has 0 bridgehead atoms. The van der Waals surface area contributed by atoms with Gasteiger partial charge in [0.2, 0.25) is 25.9 Å². The van der Waals surface area contributed by atoms with Gasteiger partial charge in [0.15, 0.2) is 19.7 Å². The Labute approximate surface area is 774 Å². The maximum Gasteiger partial charge on any atom is 0.425 e. The van der Waals surface area contributed by atoms with Crippen molar-refractivity contribution in [2.24, 2.45) is 25.4 Å². The topological polar surface area (TPSA) is 408 Å². The van der Waals surface area contributed by atoms with E-state index in [9.17, 15) is 36.0 Å². The quantitative estimate of drug-likeness (QED) is 0.0351. The normalized spacial score (nSPS) is 13.7. The van der Waals surface area contributed by atoms with E-state index in [4.69, 9.17) is 47.9 Å². The number of nitrogens with zero attached hydrogens (tertiary/aromatic N) is 12. The fourth-order valence-electron chi connectivity index (χ4n) is 14.2. The zero-order chi connectivity index (χ0) is 96.8. The Morgan fingerprint density at radius 3 is 1.01 bits per heavy atom. The highest BCUT2D eigenvalue weighted by Crippen LogP contribution is 2.49. The maximum atomic E-state index is 15.9. The molecule has 704 valence electrons. The fourth-order valence-corrected chi connectivity index (χ4v) is 27.7. The number of fused-ring (bicyclic) bond motifs is 2. The van der Waals surface area contributed by atoms with Crippen LogP contribution in [-0.4, -0.2) is 200 Å². The number of amidine groups is 2. The number of carbonyl (C=O) groups excluding carboxylic acids is 4. The van der Waals surface area contributed by atoms with Crippen molar-refractivity contribution in [1.29, 1.82) is 0 Å². The summed E-state index contributed by atoms with van der Waals surface area (Å²) in [5, 5.41) is 27.0. The van der Waals surface area contributed by atoms with Gasteiger partial charge in [-0.25, -0.2) is 62.8 Å². The Morgan fingerprint density at radius 1 is 0.409 bits per heavy atom. The lowest BCUT2D eigenvalue weighted by molar-refractivity contribution is 0.0122. The molecule has 0 spiro atoms. The molecule has 0 atom stereocenters. The minimum Gasteiger partial charge on any atom is -0.497 e. The van der Waals surface area contributed by atoms with Crippen molar-refractivity contribution in [1.82, 2.24) is 39.0 Å². The third kappa shape index (κ3) is 25.2. The number of sulfonamides is 2. The molecule has 3 aliphatic heterocycles. The molecule has 4 amide bonds. The standard InChI is InChI=1S/C47H58N6O10S2Si.C46H57N7O10S2Si/c1-46(2,3)62-44(54)53(45(55)63-47(4,5)6)40-27-33-13-12-14-37(42(33)49-40)36-23-24-39(64(56,57)25-26-66(9,10)11)43(41(36)38-28-48-51-50-38)65(58,59)52(29-31-15-19-34(60-7)20-16-31)30-32-17-21-35(61-8)22-18-32;1-45(2,3)62-43(54)53(44(55)63-46(4,5)6)38-27-32-13-12-14-36(40(32)47-38)35-23-24-37(64(56,57)25-26-66(9,10)11)41(39(35)42-48-50-51-49-42)65(58,59)52(28-30-15-19-33(60-7)20-16-30)29-31-17-21-34(61-8)22-18-31/h12-24H,25-30H2,1-11H3;12-24H,25-29H2,1-11H3,(H,48,49,50,51). The molecule has 1 N–H and O–H groups in total. The predicted molar refractivity (Wildman–Crippen MR) is 509 cm³/mol. The zero-order valence-electron chi connectivity index (χ0n) is 78.5. The van der Waals surface area contributed by atoms with Crippen LogP contribution in [0.25, 0.3) is 33.6 Å². The SMILES string of the molecule is COc1ccc(CN(Cc2ccc(OC)cc2)S(=O)(=O)c2c(S(=O)(=O)CC[Si](C)(C)C)ccc(-c3cccc4c3N=C(N(C(=O)OC(C)(C)C)C(=O)OC(C)(C)C)C4)c2-c2nn[nH]n2)cc1.COc1ccc(CN(Cc2ccc(OC)cc2)S(=O)(=O)c2c(S(=O)(=O)CC[Si](C)(C)C)ccc(-c3cccc4c3N=C(N(C(=O)OC(C)(C)C)C(=O)OC(C)(C)C)C4)c2C2=NN=NC2)cc1. The lowest BCUT2D eigenvalue weighted by Gasteiger charge is -2.28. The molecule has 1 aromatic heterocycles. The number of methoxy groups -OCH3 is 4. The fraction of sp³-hybridized carbons (Fsp3) is 0.398. The molecule has 0 aliphatic carbocycles. The van der Waals surface area contributed by atoms with Gasteiger partial charge >= 0.3 is 24.4 Å². The Morgan fingerprint density at radius 2 is 0.727 bits per heavy atom. The second kappa shape index (κ2) is 40.0. The summed E-state index contributed by atoms with van der Waals surface area (Å²) in [6.07, 6.45) is -4.03. The van der Waals surface area contributed by atoms with Crippen LogP contribution in [0.3, 0.4) is 0 Å². The molecule has 132 heavy (non-hydrogen) atoms. The van der Waals surface area contributed by atoms with Crippen LogP contribution in [0.2, 0.25) is 51.4 Å². The molecule has 33 nitrogen and oxygen atoms in total. The van der Waals surface area contributed by atoms with Crippen LogP contribution in [0.4, 0.5) is 30.6 Å². The molecule has 0 radical (unpaired) electrons. The van der Waals surface area contributed by atoms with Gasteiger partial charge in [-0.1, -0.05) is 136 Å². The predicted octanol–water partition coefficient (Wildman–Crippen LogP) is 18.6. The molecule has 0 saturated carbocycles. The van der Waals surface area contributed by atoms with E-state index < -0.39 is 117 Å². The molecule has 8 aromatic carbocycles. The number of sulfone groups is 2. The minimum atomic E-state index is -4.86. The number of para-hydroxylation sites is 2. The number of ether oxygens (including phenoxy) is 8. The van der Waals surface area contributed by atoms with Crippen molar-refractivity contribution in [2.45, 2.75) is 215 Å². The first-order chi connectivity index (χ1) is 61.6. The van der Waals surface area contributed by atoms with Crippen LogP contribution < -0.4 is 18.9 Å². The van der Waals surface area contributed by atoms with E-state index in [1.54, 1.807) is 223 Å². The van der Waals surface area contributed by atoms with Crippen molar-refractivity contribution >= 4 is 109 Å². The van der Waals surface area contributed by atoms with Gasteiger partial charge in [0.05, 0.1) is 72.4 Å². The Hall–Kier alpha value is -11.7. The van der Waals surface area contributed by atoms with Crippen molar-refractivity contribution < 1.29 is 90.7 Å². The lowest BCUT2D eigenvalue weighted by Crippen LogP contribution is -2.47. The maximum absolute atomic E-state index is 15.9. The number of aromatic nitrogens is 4. The summed E-state index contributed by atoms with van der Waals surface area (Å²) < 4.78 is 169. The Kier molecular flexibility index (Phi) is 30.5. The Balaban J connectivity index is 0.000000255. The van der Waals surface area contributed by atoms with E-state index in [0.29, 0.717) is 85.3 Å². The molecule has 4 heterocycles. The second-order valence-electron chi connectivity index (χ2n) is 38.1. The van der Waals surface area contributed by atoms with Gasteiger partial charge in [-0.15, -0.1) is 15.3 Å². The number of aliphatic imine (C=N–C) groups is 2. The summed E-state index contributed by atoms with van der Waals surface area (Å²) in [5.74, 6) is 1.46. The number of amides is 4. The number of aromatic amines is 1. The van der Waals surface area contributed by atoms with Gasteiger partial charge in [-0.2, -0.15) is 28.7 Å². The van der Waals surface area contributed by atoms with Crippen LogP contribution in [-0.2, 0) is 97.7 Å². The van der Waals surface area contributed by atoms with Crippen molar-refractivity contribution in [2.75, 3.05) is 46.5 Å². The second-order valence-corrected chi connectivity index (χ2v) is 57.3. The van der Waals surface area contributed by atoms with E-state index in [1.807, 2.05) is 39.3 Å². The van der Waals surface area contributed by atoms with Crippen molar-refractivity contribution in [3.8, 4) is 56.6 Å². The van der Waals surface area contributed by atoms with Gasteiger partial charge in [0.1, 0.15) is 73.4 Å². The highest BCUT2D eigenvalue weighted by atomic mass is 32.2. The van der Waals surface area contributed by atoms with Crippen LogP contribution in [0.1, 0.15) is 122 Å². The number of nitrogens with one attached hydrogen (secondary N) is 1. The molecule has 0 unspecified atom stereocenters. The van der Waals surface area contributed by atoms with Gasteiger partial charge in [-0.3, -0.25) is 0 Å². The van der Waals surface area contributed by atoms with E-state index in [0.717, 1.165) is 9.80 Å². The number of imide groups is 2. The minimum absolute atomic E-state index is 0.00554. The number of carbonyl (C=O) groups is 4. The summed E-state index contributed by atoms with van der Waals surface area (Å²) in [6, 6.07) is 44.4. The van der Waals surface area contributed by atoms with Crippen LogP contribution in [0.5, 0.6) is 23.0 Å². The van der Waals surface area contributed by atoms with Gasteiger partial charge in [0, 0.05) is 71.9 Å². The average Bonchev–Trinajstić information content (AvgIpc) is 1.18. The van der Waals surface area contributed by atoms with Crippen molar-refractivity contribution in [3.63, 3.8) is 0 Å². The number of rotatable bonds is 28. The van der Waals surface area contributed by atoms with Gasteiger partial charge in [-0.05, 0) is 211 Å². The van der Waals surface area contributed by atoms with E-state index in [2.05, 4.69) is 36.1 Å². The van der Waals surface area contributed by atoms with Crippen molar-refractivity contribution in [3.05, 3.63) is 197 Å². The summed E-state index contributed by atoms with van der Waals surface area (Å²) >= 11 is 0. The molecule has 9 aromatic rings. The summed E-state index contributed by atoms with van der Waals surface area (Å²) in [5.41, 5.74) is 1.33. The highest BCUT2D eigenvalue weighted by Gasteiger charge is 2.45. The van der Waals surface area contributed by atoms with Crippen LogP contribution in [0, 0.1) is 0 Å². The third-order valence-corrected chi connectivity index (χ3v) is 32.3. The van der Waals surface area contributed by atoms with E-state index in [-0.39, 0.29) is 113 Å². The zero-order valence-corrected chi connectivity index (χ0v) is 83.7. The molecule has 0 saturated heterocycles. The smallest absolute Gasteiger partial charge is 0.425 e. The number of benzene rings is 8. The number of tetrazole rings is 1. The number of hydrogen-bond acceptors (Lipinski definition) is 28. The van der Waals surface area contributed by atoms with E-state index >= 15 is 16.8 Å². The van der Waals surface area contributed by atoms with Gasteiger partial charge in [0.25, 0.3) is 0 Å². The summed E-state index contributed by atoms with van der Waals surface area (Å²) in [4.78, 5) is 64.3. The summed E-state index contributed by atoms with van der Waals surface area (Å²) in [6.45, 7) is 31.4. The highest BCUT2D eigenvalue weighted by molar-refractivity contribution is 7.94. The molecule has 0 fully saturated rings. The molecule has 3 aliphatic rings.